The maximum absolute atomic E-state index is 12.4. The van der Waals surface area contributed by atoms with E-state index in [2.05, 4.69) is 11.8 Å². The van der Waals surface area contributed by atoms with Crippen molar-refractivity contribution in [3.8, 4) is 11.8 Å². The predicted molar refractivity (Wildman–Crippen MR) is 83.2 cm³/mol. The number of amides is 1. The van der Waals surface area contributed by atoms with Crippen LogP contribution < -0.4 is 0 Å². The fourth-order valence-electron chi connectivity index (χ4n) is 1.80. The second kappa shape index (κ2) is 8.46. The average Bonchev–Trinajstić information content (AvgIpc) is 2.45. The summed E-state index contributed by atoms with van der Waals surface area (Å²) < 4.78 is 5.46. The van der Waals surface area contributed by atoms with Crippen LogP contribution in [-0.2, 0) is 4.74 Å². The fourth-order valence-corrected chi connectivity index (χ4v) is 1.80. The number of nitrogens with zero attached hydrogens (tertiary/aromatic N) is 1. The minimum Gasteiger partial charge on any atom is -0.384 e. The van der Waals surface area contributed by atoms with Crippen molar-refractivity contribution < 1.29 is 14.6 Å². The minimum absolute atomic E-state index is 0.0486. The first-order valence-corrected chi connectivity index (χ1v) is 7.03. The highest BCUT2D eigenvalue weighted by Crippen LogP contribution is 2.13. The van der Waals surface area contributed by atoms with E-state index in [4.69, 9.17) is 9.84 Å². The van der Waals surface area contributed by atoms with E-state index in [1.165, 1.54) is 0 Å². The van der Waals surface area contributed by atoms with E-state index < -0.39 is 0 Å². The highest BCUT2D eigenvalue weighted by molar-refractivity contribution is 5.95. The van der Waals surface area contributed by atoms with Crippen molar-refractivity contribution in [2.75, 3.05) is 26.8 Å². The molecule has 1 aromatic rings. The van der Waals surface area contributed by atoms with Gasteiger partial charge in [-0.3, -0.25) is 4.79 Å². The third kappa shape index (κ3) is 5.58. The third-order valence-corrected chi connectivity index (χ3v) is 3.00. The highest BCUT2D eigenvalue weighted by atomic mass is 16.5. The van der Waals surface area contributed by atoms with Gasteiger partial charge in [-0.1, -0.05) is 17.9 Å². The number of aliphatic hydroxyl groups is 1. The Labute approximate surface area is 126 Å². The Morgan fingerprint density at radius 3 is 2.76 bits per heavy atom. The molecular weight excluding hydrogens is 266 g/mol. The number of aliphatic hydroxyl groups excluding tert-OH is 1. The second-order valence-corrected chi connectivity index (χ2v) is 5.14. The Balaban J connectivity index is 2.80. The Bertz CT molecular complexity index is 541. The molecule has 0 aliphatic heterocycles. The van der Waals surface area contributed by atoms with Crippen molar-refractivity contribution in [1.82, 2.24) is 4.90 Å². The molecule has 0 saturated carbocycles. The maximum Gasteiger partial charge on any atom is 0.253 e. The van der Waals surface area contributed by atoms with Gasteiger partial charge < -0.3 is 14.7 Å². The summed E-state index contributed by atoms with van der Waals surface area (Å²) in [7, 11) is 1.76. The molecule has 0 fully saturated rings. The minimum atomic E-state index is -0.191. The molecule has 1 aromatic carbocycles. The van der Waals surface area contributed by atoms with E-state index in [-0.39, 0.29) is 18.6 Å². The molecule has 114 valence electrons. The van der Waals surface area contributed by atoms with Crippen LogP contribution in [0.25, 0.3) is 0 Å². The van der Waals surface area contributed by atoms with Crippen molar-refractivity contribution in [1.29, 1.82) is 0 Å². The van der Waals surface area contributed by atoms with E-state index >= 15 is 0 Å². The topological polar surface area (TPSA) is 49.8 Å². The Hall–Kier alpha value is -1.83. The molecule has 4 heteroatoms. The lowest BCUT2D eigenvalue weighted by atomic mass is 10.0. The van der Waals surface area contributed by atoms with Crippen molar-refractivity contribution in [2.45, 2.75) is 26.9 Å². The van der Waals surface area contributed by atoms with Gasteiger partial charge in [0.25, 0.3) is 5.91 Å². The summed E-state index contributed by atoms with van der Waals surface area (Å²) in [6.45, 7) is 6.70. The van der Waals surface area contributed by atoms with Crippen molar-refractivity contribution in [3.05, 3.63) is 34.9 Å². The number of hydrogen-bond donors (Lipinski definition) is 1. The van der Waals surface area contributed by atoms with Gasteiger partial charge in [0.2, 0.25) is 0 Å². The van der Waals surface area contributed by atoms with Gasteiger partial charge in [0.15, 0.2) is 0 Å². The summed E-state index contributed by atoms with van der Waals surface area (Å²) in [6, 6.07) is 5.48. The van der Waals surface area contributed by atoms with Gasteiger partial charge >= 0.3 is 0 Å². The number of benzene rings is 1. The molecule has 1 rings (SSSR count). The van der Waals surface area contributed by atoms with E-state index in [9.17, 15) is 4.79 Å². The molecule has 0 bridgehead atoms. The van der Waals surface area contributed by atoms with Crippen LogP contribution in [0.1, 0.15) is 35.3 Å². The smallest absolute Gasteiger partial charge is 0.253 e. The molecule has 0 unspecified atom stereocenters. The molecule has 0 radical (unpaired) electrons. The predicted octanol–water partition coefficient (Wildman–Crippen LogP) is 1.84. The number of rotatable bonds is 5. The van der Waals surface area contributed by atoms with Crippen LogP contribution in [0.15, 0.2) is 18.2 Å². The summed E-state index contributed by atoms with van der Waals surface area (Å²) in [4.78, 5) is 14.1. The molecule has 0 aliphatic carbocycles. The summed E-state index contributed by atoms with van der Waals surface area (Å²) in [5.41, 5.74) is 2.27. The van der Waals surface area contributed by atoms with Crippen LogP contribution in [0, 0.1) is 18.8 Å². The monoisotopic (exact) mass is 289 g/mol. The van der Waals surface area contributed by atoms with Crippen LogP contribution in [0.5, 0.6) is 0 Å². The molecule has 1 N–H and O–H groups in total. The van der Waals surface area contributed by atoms with Crippen molar-refractivity contribution in [2.24, 2.45) is 0 Å². The van der Waals surface area contributed by atoms with E-state index in [0.717, 1.165) is 11.1 Å². The van der Waals surface area contributed by atoms with Gasteiger partial charge in [0.1, 0.15) is 6.61 Å². The lowest BCUT2D eigenvalue weighted by Crippen LogP contribution is -2.31. The second-order valence-electron chi connectivity index (χ2n) is 5.14. The number of ether oxygens (including phenoxy) is 1. The van der Waals surface area contributed by atoms with Crippen molar-refractivity contribution in [3.63, 3.8) is 0 Å². The van der Waals surface area contributed by atoms with Crippen LogP contribution in [0.2, 0.25) is 0 Å². The van der Waals surface area contributed by atoms with Crippen molar-refractivity contribution >= 4 is 5.91 Å². The lowest BCUT2D eigenvalue weighted by Gasteiger charge is -2.19. The zero-order chi connectivity index (χ0) is 15.8. The summed E-state index contributed by atoms with van der Waals surface area (Å²) >= 11 is 0. The maximum atomic E-state index is 12.4. The van der Waals surface area contributed by atoms with Crippen LogP contribution in [0.3, 0.4) is 0 Å². The van der Waals surface area contributed by atoms with Crippen LogP contribution in [0.4, 0.5) is 0 Å². The number of carbonyl (C=O) groups is 1. The Morgan fingerprint density at radius 1 is 1.43 bits per heavy atom. The normalized spacial score (nSPS) is 10.2. The van der Waals surface area contributed by atoms with E-state index in [1.54, 1.807) is 18.0 Å². The number of hydrogen-bond acceptors (Lipinski definition) is 3. The summed E-state index contributed by atoms with van der Waals surface area (Å²) in [6.07, 6.45) is 0.160. The third-order valence-electron chi connectivity index (χ3n) is 3.00. The van der Waals surface area contributed by atoms with Gasteiger partial charge in [-0.15, -0.1) is 0 Å². The van der Waals surface area contributed by atoms with Gasteiger partial charge in [0.05, 0.1) is 12.7 Å². The molecular formula is C17H23NO3. The Kier molecular flexibility index (Phi) is 6.93. The zero-order valence-electron chi connectivity index (χ0n) is 13.1. The molecule has 0 aromatic heterocycles. The van der Waals surface area contributed by atoms with Gasteiger partial charge in [-0.25, -0.2) is 0 Å². The molecule has 0 saturated heterocycles. The van der Waals surface area contributed by atoms with Gasteiger partial charge in [-0.2, -0.15) is 0 Å². The molecule has 0 spiro atoms. The summed E-state index contributed by atoms with van der Waals surface area (Å²) in [5, 5.41) is 8.73. The zero-order valence-corrected chi connectivity index (χ0v) is 13.1. The SMILES string of the molecule is Cc1ccc(C#CCO)cc1C(=O)N(C)CCOC(C)C. The first kappa shape index (κ1) is 17.2. The molecule has 0 heterocycles. The van der Waals surface area contributed by atoms with E-state index in [0.29, 0.717) is 18.7 Å². The molecule has 4 nitrogen and oxygen atoms in total. The molecule has 0 aliphatic rings. The first-order chi connectivity index (χ1) is 9.95. The first-order valence-electron chi connectivity index (χ1n) is 7.03. The number of likely N-dealkylation sites (N-methyl/N-ethyl adjacent to an activating group) is 1. The van der Waals surface area contributed by atoms with Gasteiger partial charge in [-0.05, 0) is 38.5 Å². The molecule has 0 atom stereocenters. The number of aryl methyl sites for hydroxylation is 1. The molecule has 21 heavy (non-hydrogen) atoms. The quantitative estimate of drug-likeness (QED) is 0.841. The molecule has 1 amide bonds. The Morgan fingerprint density at radius 2 is 2.14 bits per heavy atom. The standard InChI is InChI=1S/C17H23NO3/c1-13(2)21-11-9-18(4)17(20)16-12-15(6-5-10-19)8-7-14(16)3/h7-8,12-13,19H,9-11H2,1-4H3. The highest BCUT2D eigenvalue weighted by Gasteiger charge is 2.14. The summed E-state index contributed by atoms with van der Waals surface area (Å²) in [5.74, 6) is 5.36. The largest absolute Gasteiger partial charge is 0.384 e. The van der Waals surface area contributed by atoms with E-state index in [1.807, 2.05) is 32.9 Å². The lowest BCUT2D eigenvalue weighted by molar-refractivity contribution is 0.0531. The van der Waals surface area contributed by atoms with Crippen LogP contribution in [-0.4, -0.2) is 48.8 Å². The van der Waals surface area contributed by atoms with Gasteiger partial charge in [0, 0.05) is 24.7 Å². The fraction of sp³-hybridized carbons (Fsp3) is 0.471. The number of carbonyl (C=O) groups excluding carboxylic acids is 1. The average molecular weight is 289 g/mol. The van der Waals surface area contributed by atoms with Crippen LogP contribution >= 0.6 is 0 Å².